The molecular formula is C12H3Cl4F3N2S. The fourth-order valence-electron chi connectivity index (χ4n) is 1.74. The number of nitrogens with zero attached hydrogens (tertiary/aromatic N) is 2. The van der Waals surface area contributed by atoms with Gasteiger partial charge in [-0.3, -0.25) is 0 Å². The molecule has 116 valence electrons. The molecule has 0 saturated carbocycles. The van der Waals surface area contributed by atoms with Crippen molar-refractivity contribution >= 4 is 56.5 Å². The van der Waals surface area contributed by atoms with Crippen LogP contribution in [0.4, 0.5) is 13.2 Å². The second-order valence-electron chi connectivity index (χ2n) is 4.00. The van der Waals surface area contributed by atoms with Crippen molar-refractivity contribution in [1.82, 2.24) is 4.57 Å². The predicted octanol–water partition coefficient (Wildman–Crippen LogP) is 6.57. The van der Waals surface area contributed by atoms with Crippen molar-refractivity contribution in [3.8, 4) is 11.8 Å². The highest BCUT2D eigenvalue weighted by Gasteiger charge is 2.32. The maximum Gasteiger partial charge on any atom is 0.416 e. The maximum absolute atomic E-state index is 12.7. The van der Waals surface area contributed by atoms with E-state index in [4.69, 9.17) is 50.7 Å². The van der Waals surface area contributed by atoms with E-state index in [-0.39, 0.29) is 26.4 Å². The van der Waals surface area contributed by atoms with Crippen molar-refractivity contribution in [2.75, 3.05) is 0 Å². The van der Waals surface area contributed by atoms with Crippen molar-refractivity contribution < 1.29 is 13.2 Å². The van der Waals surface area contributed by atoms with Gasteiger partial charge >= 0.3 is 6.18 Å². The number of nitriles is 1. The lowest BCUT2D eigenvalue weighted by Gasteiger charge is -2.13. The molecule has 0 atom stereocenters. The lowest BCUT2D eigenvalue weighted by atomic mass is 10.2. The van der Waals surface area contributed by atoms with Crippen LogP contribution in [0.2, 0.25) is 15.2 Å². The number of alkyl halides is 3. The Morgan fingerprint density at radius 2 is 1.68 bits per heavy atom. The standard InChI is InChI=1S/C12H3Cl4F3N2S/c13-7-1-5(12(17,18)19)2-8(14)10(7)21-4-9(22-16)6(3-20)11(21)15/h1-2,4H. The van der Waals surface area contributed by atoms with Gasteiger partial charge in [0, 0.05) is 6.20 Å². The van der Waals surface area contributed by atoms with Crippen LogP contribution in [-0.4, -0.2) is 4.57 Å². The quantitative estimate of drug-likeness (QED) is 0.564. The summed E-state index contributed by atoms with van der Waals surface area (Å²) in [4.78, 5) is 0.334. The third kappa shape index (κ3) is 3.15. The summed E-state index contributed by atoms with van der Waals surface area (Å²) in [5.41, 5.74) is -0.870. The van der Waals surface area contributed by atoms with Crippen LogP contribution in [0.5, 0.6) is 0 Å². The molecule has 0 unspecified atom stereocenters. The third-order valence-electron chi connectivity index (χ3n) is 2.69. The van der Waals surface area contributed by atoms with Gasteiger partial charge in [0.1, 0.15) is 16.8 Å². The van der Waals surface area contributed by atoms with Crippen molar-refractivity contribution in [3.05, 3.63) is 44.7 Å². The SMILES string of the molecule is N#Cc1c(SCl)cn(-c2c(Cl)cc(C(F)(F)F)cc2Cl)c1Cl. The first-order chi connectivity index (χ1) is 10.2. The number of aromatic nitrogens is 1. The smallest absolute Gasteiger partial charge is 0.302 e. The van der Waals surface area contributed by atoms with Gasteiger partial charge in [-0.05, 0) is 33.8 Å². The van der Waals surface area contributed by atoms with Gasteiger partial charge in [-0.1, -0.05) is 34.8 Å². The Kier molecular flexibility index (Phi) is 5.15. The molecule has 2 aromatic rings. The molecule has 0 aliphatic carbocycles. The van der Waals surface area contributed by atoms with Gasteiger partial charge in [-0.25, -0.2) is 0 Å². The zero-order chi connectivity index (χ0) is 16.7. The van der Waals surface area contributed by atoms with Gasteiger partial charge in [0.2, 0.25) is 0 Å². The van der Waals surface area contributed by atoms with Gasteiger partial charge in [0.05, 0.1) is 26.2 Å². The number of hydrogen-bond acceptors (Lipinski definition) is 2. The zero-order valence-corrected chi connectivity index (χ0v) is 14.0. The lowest BCUT2D eigenvalue weighted by Crippen LogP contribution is -2.06. The summed E-state index contributed by atoms with van der Waals surface area (Å²) in [6, 6.07) is 3.32. The van der Waals surface area contributed by atoms with Crippen molar-refractivity contribution in [2.24, 2.45) is 0 Å². The third-order valence-corrected chi connectivity index (χ3v) is 4.61. The lowest BCUT2D eigenvalue weighted by molar-refractivity contribution is -0.137. The van der Waals surface area contributed by atoms with E-state index in [0.717, 1.165) is 23.1 Å². The Labute approximate surface area is 146 Å². The molecule has 0 N–H and O–H groups in total. The van der Waals surface area contributed by atoms with Crippen molar-refractivity contribution in [1.29, 1.82) is 5.26 Å². The van der Waals surface area contributed by atoms with Crippen LogP contribution in [0.15, 0.2) is 23.2 Å². The molecule has 2 nitrogen and oxygen atoms in total. The fourth-order valence-corrected chi connectivity index (χ4v) is 3.46. The van der Waals surface area contributed by atoms with Gasteiger partial charge < -0.3 is 4.57 Å². The van der Waals surface area contributed by atoms with E-state index in [1.165, 1.54) is 10.8 Å². The molecular weight excluding hydrogens is 403 g/mol. The van der Waals surface area contributed by atoms with Crippen LogP contribution < -0.4 is 0 Å². The highest BCUT2D eigenvalue weighted by molar-refractivity contribution is 8.21. The number of hydrogen-bond donors (Lipinski definition) is 0. The Bertz CT molecular complexity index is 757. The minimum atomic E-state index is -4.58. The number of halogens is 7. The van der Waals surface area contributed by atoms with E-state index in [2.05, 4.69) is 0 Å². The van der Waals surface area contributed by atoms with Crippen LogP contribution in [0.1, 0.15) is 11.1 Å². The van der Waals surface area contributed by atoms with Crippen LogP contribution in [0.25, 0.3) is 5.69 Å². The van der Waals surface area contributed by atoms with E-state index in [0.29, 0.717) is 4.90 Å². The summed E-state index contributed by atoms with van der Waals surface area (Å²) in [5, 5.41) is 8.48. The molecule has 1 aromatic carbocycles. The molecule has 10 heteroatoms. The summed E-state index contributed by atoms with van der Waals surface area (Å²) < 4.78 is 39.4. The van der Waals surface area contributed by atoms with E-state index >= 15 is 0 Å². The predicted molar refractivity (Wildman–Crippen MR) is 82.2 cm³/mol. The Morgan fingerprint density at radius 3 is 2.05 bits per heavy atom. The highest BCUT2D eigenvalue weighted by Crippen LogP contribution is 2.41. The molecule has 0 spiro atoms. The normalized spacial score (nSPS) is 11.5. The van der Waals surface area contributed by atoms with Gasteiger partial charge in [-0.2, -0.15) is 18.4 Å². The monoisotopic (exact) mass is 404 g/mol. The van der Waals surface area contributed by atoms with E-state index in [9.17, 15) is 13.2 Å². The minimum absolute atomic E-state index is 0.0369. The zero-order valence-electron chi connectivity index (χ0n) is 10.2. The number of rotatable bonds is 2. The molecule has 0 aliphatic heterocycles. The average molecular weight is 406 g/mol. The van der Waals surface area contributed by atoms with E-state index in [1.807, 2.05) is 6.07 Å². The first-order valence-electron chi connectivity index (χ1n) is 5.36. The van der Waals surface area contributed by atoms with Gasteiger partial charge in [-0.15, -0.1) is 0 Å². The minimum Gasteiger partial charge on any atom is -0.302 e. The molecule has 0 amide bonds. The Hall–Kier alpha value is -0.710. The van der Waals surface area contributed by atoms with Crippen LogP contribution in [0.3, 0.4) is 0 Å². The summed E-state index contributed by atoms with van der Waals surface area (Å²) in [6.07, 6.45) is -3.21. The highest BCUT2D eigenvalue weighted by atomic mass is 35.7. The second kappa shape index (κ2) is 6.42. The summed E-state index contributed by atoms with van der Waals surface area (Å²) >= 11 is 17.9. The molecule has 0 aliphatic rings. The summed E-state index contributed by atoms with van der Waals surface area (Å²) in [7, 11) is 6.37. The number of benzene rings is 1. The second-order valence-corrected chi connectivity index (χ2v) is 6.23. The largest absolute Gasteiger partial charge is 0.416 e. The molecule has 2 rings (SSSR count). The molecule has 0 radical (unpaired) electrons. The fraction of sp³-hybridized carbons (Fsp3) is 0.0833. The molecule has 0 bridgehead atoms. The van der Waals surface area contributed by atoms with Gasteiger partial charge in [0.25, 0.3) is 0 Å². The average Bonchev–Trinajstić information content (AvgIpc) is 2.73. The maximum atomic E-state index is 12.7. The molecule has 1 heterocycles. The first-order valence-corrected chi connectivity index (χ1v) is 8.14. The van der Waals surface area contributed by atoms with Crippen LogP contribution >= 0.6 is 56.5 Å². The first kappa shape index (κ1) is 17.6. The van der Waals surface area contributed by atoms with E-state index in [1.54, 1.807) is 0 Å². The van der Waals surface area contributed by atoms with Gasteiger partial charge in [0.15, 0.2) is 0 Å². The molecule has 22 heavy (non-hydrogen) atoms. The van der Waals surface area contributed by atoms with Crippen molar-refractivity contribution in [3.63, 3.8) is 0 Å². The van der Waals surface area contributed by atoms with Crippen LogP contribution in [-0.2, 0) is 6.18 Å². The topological polar surface area (TPSA) is 28.7 Å². The molecule has 0 saturated heterocycles. The summed E-state index contributed by atoms with van der Waals surface area (Å²) in [6.45, 7) is 0. The Morgan fingerprint density at radius 1 is 1.14 bits per heavy atom. The molecule has 0 fully saturated rings. The van der Waals surface area contributed by atoms with Crippen LogP contribution in [0, 0.1) is 11.3 Å². The summed E-state index contributed by atoms with van der Waals surface area (Å²) in [5.74, 6) is 0. The van der Waals surface area contributed by atoms with E-state index < -0.39 is 11.7 Å². The Balaban J connectivity index is 2.70. The molecule has 1 aromatic heterocycles. The van der Waals surface area contributed by atoms with Crippen molar-refractivity contribution in [2.45, 2.75) is 11.1 Å².